The lowest BCUT2D eigenvalue weighted by molar-refractivity contribution is 0.309. The maximum atomic E-state index is 6.24. The molecule has 4 rings (SSSR count). The number of benzene rings is 2. The van der Waals surface area contributed by atoms with Crippen molar-refractivity contribution in [2.24, 2.45) is 0 Å². The lowest BCUT2D eigenvalue weighted by atomic mass is 10.1. The van der Waals surface area contributed by atoms with E-state index in [1.807, 2.05) is 54.2 Å². The molecule has 2 aromatic carbocycles. The summed E-state index contributed by atoms with van der Waals surface area (Å²) < 4.78 is 7.86. The first-order valence-corrected chi connectivity index (χ1v) is 8.85. The topological polar surface area (TPSA) is 39.9 Å². The second-order valence-electron chi connectivity index (χ2n) is 5.87. The van der Waals surface area contributed by atoms with Crippen LogP contribution in [0.5, 0.6) is 5.75 Å². The fraction of sp³-hybridized carbons (Fsp3) is 0.100. The normalized spacial score (nSPS) is 11.0. The monoisotopic (exact) mass is 383 g/mol. The Morgan fingerprint density at radius 3 is 2.54 bits per heavy atom. The first-order chi connectivity index (χ1) is 12.6. The van der Waals surface area contributed by atoms with Gasteiger partial charge in [-0.25, -0.2) is 9.67 Å². The highest BCUT2D eigenvalue weighted by Crippen LogP contribution is 2.31. The molecule has 6 heteroatoms. The van der Waals surface area contributed by atoms with Gasteiger partial charge in [-0.2, -0.15) is 5.10 Å². The number of rotatable bonds is 4. The molecular formula is C20H15Cl2N3O. The Kier molecular flexibility index (Phi) is 4.53. The molecule has 0 radical (unpaired) electrons. The van der Waals surface area contributed by atoms with Crippen LogP contribution in [-0.2, 0) is 6.61 Å². The van der Waals surface area contributed by atoms with E-state index in [9.17, 15) is 0 Å². The number of hydrogen-bond acceptors (Lipinski definition) is 3. The summed E-state index contributed by atoms with van der Waals surface area (Å²) in [7, 11) is 0. The Morgan fingerprint density at radius 2 is 1.81 bits per heavy atom. The molecule has 4 aromatic rings. The number of para-hydroxylation sites is 1. The minimum Gasteiger partial charge on any atom is -0.487 e. The van der Waals surface area contributed by atoms with Crippen molar-refractivity contribution in [3.8, 4) is 11.4 Å². The second-order valence-corrected chi connectivity index (χ2v) is 6.69. The highest BCUT2D eigenvalue weighted by Gasteiger charge is 2.12. The molecule has 0 saturated heterocycles. The number of hydrogen-bond donors (Lipinski definition) is 0. The average Bonchev–Trinajstić information content (AvgIpc) is 3.15. The van der Waals surface area contributed by atoms with Crippen molar-refractivity contribution >= 4 is 34.1 Å². The van der Waals surface area contributed by atoms with Crippen LogP contribution in [0.15, 0.2) is 60.9 Å². The molecule has 2 heterocycles. The molecular weight excluding hydrogens is 369 g/mol. The van der Waals surface area contributed by atoms with Crippen molar-refractivity contribution < 1.29 is 4.74 Å². The lowest BCUT2D eigenvalue weighted by Gasteiger charge is -2.13. The first kappa shape index (κ1) is 16.9. The fourth-order valence-corrected chi connectivity index (χ4v) is 3.37. The van der Waals surface area contributed by atoms with Gasteiger partial charge in [0.15, 0.2) is 0 Å². The van der Waals surface area contributed by atoms with E-state index in [1.165, 1.54) is 0 Å². The quantitative estimate of drug-likeness (QED) is 0.459. The van der Waals surface area contributed by atoms with E-state index in [1.54, 1.807) is 18.3 Å². The van der Waals surface area contributed by atoms with Crippen LogP contribution >= 0.6 is 23.2 Å². The highest BCUT2D eigenvalue weighted by molar-refractivity contribution is 6.35. The van der Waals surface area contributed by atoms with Gasteiger partial charge in [0, 0.05) is 39.1 Å². The molecule has 4 nitrogen and oxygen atoms in total. The number of aryl methyl sites for hydroxylation is 1. The van der Waals surface area contributed by atoms with Gasteiger partial charge in [-0.3, -0.25) is 0 Å². The van der Waals surface area contributed by atoms with Gasteiger partial charge >= 0.3 is 0 Å². The standard InChI is InChI=1S/C20H15Cl2N3O/c1-13-11-18(25-10-4-9-23-25)14-5-2-8-19(20(14)24-13)26-12-15-16(21)6-3-7-17(15)22/h2-11H,12H2,1H3. The molecule has 0 fully saturated rings. The number of pyridine rings is 1. The number of nitrogens with zero attached hydrogens (tertiary/aromatic N) is 3. The molecule has 0 atom stereocenters. The van der Waals surface area contributed by atoms with Crippen molar-refractivity contribution in [1.82, 2.24) is 14.8 Å². The Hall–Kier alpha value is -2.56. The molecule has 0 aliphatic carbocycles. The van der Waals surface area contributed by atoms with Gasteiger partial charge in [0.1, 0.15) is 17.9 Å². The van der Waals surface area contributed by atoms with Gasteiger partial charge < -0.3 is 4.74 Å². The van der Waals surface area contributed by atoms with E-state index in [0.29, 0.717) is 15.8 Å². The summed E-state index contributed by atoms with van der Waals surface area (Å²) in [5.74, 6) is 0.676. The summed E-state index contributed by atoms with van der Waals surface area (Å²) in [6.07, 6.45) is 3.66. The van der Waals surface area contributed by atoms with E-state index < -0.39 is 0 Å². The number of ether oxygens (including phenoxy) is 1. The van der Waals surface area contributed by atoms with Crippen molar-refractivity contribution in [2.75, 3.05) is 0 Å². The molecule has 0 unspecified atom stereocenters. The van der Waals surface area contributed by atoms with Crippen LogP contribution in [-0.4, -0.2) is 14.8 Å². The summed E-state index contributed by atoms with van der Waals surface area (Å²) in [6.45, 7) is 2.22. The highest BCUT2D eigenvalue weighted by atomic mass is 35.5. The molecule has 130 valence electrons. The van der Waals surface area contributed by atoms with Gasteiger partial charge in [0.05, 0.1) is 5.69 Å². The van der Waals surface area contributed by atoms with E-state index in [4.69, 9.17) is 27.9 Å². The van der Waals surface area contributed by atoms with Crippen LogP contribution in [0.1, 0.15) is 11.3 Å². The fourth-order valence-electron chi connectivity index (χ4n) is 2.87. The SMILES string of the molecule is Cc1cc(-n2cccn2)c2cccc(OCc3c(Cl)cccc3Cl)c2n1. The van der Waals surface area contributed by atoms with Crippen molar-refractivity contribution in [3.05, 3.63) is 82.2 Å². The third-order valence-corrected chi connectivity index (χ3v) is 4.80. The van der Waals surface area contributed by atoms with Gasteiger partial charge in [0.2, 0.25) is 0 Å². The zero-order valence-corrected chi connectivity index (χ0v) is 15.5. The predicted molar refractivity (Wildman–Crippen MR) is 104 cm³/mol. The smallest absolute Gasteiger partial charge is 0.146 e. The van der Waals surface area contributed by atoms with Gasteiger partial charge in [-0.05, 0) is 37.3 Å². The summed E-state index contributed by atoms with van der Waals surface area (Å²) in [5, 5.41) is 6.46. The number of halogens is 2. The van der Waals surface area contributed by atoms with E-state index in [2.05, 4.69) is 10.1 Å². The Balaban J connectivity index is 1.77. The predicted octanol–water partition coefficient (Wildman–Crippen LogP) is 5.61. The second kappa shape index (κ2) is 6.98. The number of fused-ring (bicyclic) bond motifs is 1. The summed E-state index contributed by atoms with van der Waals surface area (Å²) in [6, 6.07) is 15.1. The van der Waals surface area contributed by atoms with Gasteiger partial charge in [-0.1, -0.05) is 41.4 Å². The van der Waals surface area contributed by atoms with Crippen LogP contribution in [0.4, 0.5) is 0 Å². The molecule has 0 saturated carbocycles. The van der Waals surface area contributed by atoms with Crippen LogP contribution in [0.3, 0.4) is 0 Å². The maximum Gasteiger partial charge on any atom is 0.146 e. The first-order valence-electron chi connectivity index (χ1n) is 8.09. The average molecular weight is 384 g/mol. The zero-order chi connectivity index (χ0) is 18.1. The molecule has 0 amide bonds. The van der Waals surface area contributed by atoms with Crippen LogP contribution in [0.2, 0.25) is 10.0 Å². The summed E-state index contributed by atoms with van der Waals surface area (Å²) in [4.78, 5) is 4.67. The molecule has 0 bridgehead atoms. The Morgan fingerprint density at radius 1 is 1.04 bits per heavy atom. The van der Waals surface area contributed by atoms with Crippen LogP contribution in [0, 0.1) is 6.92 Å². The van der Waals surface area contributed by atoms with Crippen molar-refractivity contribution in [2.45, 2.75) is 13.5 Å². The van der Waals surface area contributed by atoms with Crippen molar-refractivity contribution in [1.29, 1.82) is 0 Å². The minimum absolute atomic E-state index is 0.268. The molecule has 0 aliphatic heterocycles. The molecule has 2 aromatic heterocycles. The van der Waals surface area contributed by atoms with Gasteiger partial charge in [-0.15, -0.1) is 0 Å². The summed E-state index contributed by atoms with van der Waals surface area (Å²) >= 11 is 12.5. The maximum absolute atomic E-state index is 6.24. The van der Waals surface area contributed by atoms with E-state index in [0.717, 1.165) is 27.8 Å². The van der Waals surface area contributed by atoms with Crippen LogP contribution < -0.4 is 4.74 Å². The van der Waals surface area contributed by atoms with E-state index in [-0.39, 0.29) is 6.61 Å². The summed E-state index contributed by atoms with van der Waals surface area (Å²) in [5.41, 5.74) is 3.38. The van der Waals surface area contributed by atoms with Gasteiger partial charge in [0.25, 0.3) is 0 Å². The molecule has 0 N–H and O–H groups in total. The van der Waals surface area contributed by atoms with Crippen molar-refractivity contribution in [3.63, 3.8) is 0 Å². The largest absolute Gasteiger partial charge is 0.487 e. The number of aromatic nitrogens is 3. The third-order valence-electron chi connectivity index (χ3n) is 4.09. The Bertz CT molecular complexity index is 1060. The third kappa shape index (κ3) is 3.14. The minimum atomic E-state index is 0.268. The van der Waals surface area contributed by atoms with Crippen LogP contribution in [0.25, 0.3) is 16.6 Å². The lowest BCUT2D eigenvalue weighted by Crippen LogP contribution is -2.02. The molecule has 0 spiro atoms. The molecule has 0 aliphatic rings. The Labute approximate surface area is 161 Å². The zero-order valence-electron chi connectivity index (χ0n) is 14.0. The molecule has 26 heavy (non-hydrogen) atoms. The van der Waals surface area contributed by atoms with E-state index >= 15 is 0 Å².